The van der Waals surface area contributed by atoms with Crippen molar-refractivity contribution in [2.24, 2.45) is 40.4 Å². The van der Waals surface area contributed by atoms with Crippen LogP contribution < -0.4 is 5.73 Å². The van der Waals surface area contributed by atoms with E-state index in [1.54, 1.807) is 0 Å². The molecule has 0 spiro atoms. The number of azide groups is 1. The van der Waals surface area contributed by atoms with Gasteiger partial charge in [-0.05, 0) is 60.8 Å². The predicted octanol–water partition coefficient (Wildman–Crippen LogP) is 1.67. The first-order valence-electron chi connectivity index (χ1n) is 6.65. The Balaban J connectivity index is 1.70. The first-order valence-corrected chi connectivity index (χ1v) is 6.65. The fraction of sp³-hybridized carbons (Fsp3) is 1.00. The monoisotopic (exact) mass is 236 g/mol. The zero-order chi connectivity index (χ0) is 12.0. The number of nitrogens with zero attached hydrogens (tertiary/aromatic N) is 3. The largest absolute Gasteiger partial charge is 0.391 e. The van der Waals surface area contributed by atoms with Crippen molar-refractivity contribution in [1.29, 1.82) is 0 Å². The maximum Gasteiger partial charge on any atom is 0.0725 e. The van der Waals surface area contributed by atoms with Gasteiger partial charge in [-0.3, -0.25) is 0 Å². The summed E-state index contributed by atoms with van der Waals surface area (Å²) in [5.74, 6) is 3.48. The maximum atomic E-state index is 10.4. The minimum absolute atomic E-state index is 0.210. The van der Waals surface area contributed by atoms with Gasteiger partial charge < -0.3 is 10.8 Å². The highest BCUT2D eigenvalue weighted by molar-refractivity contribution is 5.06. The number of nitrogens with two attached hydrogens (primary N) is 1. The second-order valence-corrected chi connectivity index (χ2v) is 6.14. The Hall–Kier alpha value is -0.770. The molecule has 5 nitrogen and oxygen atoms in total. The summed E-state index contributed by atoms with van der Waals surface area (Å²) in [6, 6.07) is -0.394. The highest BCUT2D eigenvalue weighted by atomic mass is 16.3. The van der Waals surface area contributed by atoms with Gasteiger partial charge in [0.2, 0.25) is 0 Å². The molecule has 94 valence electrons. The zero-order valence-electron chi connectivity index (χ0n) is 9.94. The van der Waals surface area contributed by atoms with Gasteiger partial charge in [0.15, 0.2) is 0 Å². The normalized spacial score (nSPS) is 45.6. The second-order valence-electron chi connectivity index (χ2n) is 6.14. The highest BCUT2D eigenvalue weighted by Crippen LogP contribution is 2.61. The first kappa shape index (κ1) is 11.3. The molecule has 5 unspecified atom stereocenters. The van der Waals surface area contributed by atoms with Crippen molar-refractivity contribution < 1.29 is 5.11 Å². The fourth-order valence-corrected chi connectivity index (χ4v) is 4.84. The van der Waals surface area contributed by atoms with Gasteiger partial charge in [-0.15, -0.1) is 0 Å². The molecule has 17 heavy (non-hydrogen) atoms. The van der Waals surface area contributed by atoms with Gasteiger partial charge in [0.05, 0.1) is 6.10 Å². The maximum absolute atomic E-state index is 10.4. The van der Waals surface area contributed by atoms with Crippen LogP contribution in [0.2, 0.25) is 0 Å². The molecule has 0 aromatic rings. The van der Waals surface area contributed by atoms with E-state index in [-0.39, 0.29) is 6.54 Å². The standard InChI is InChI=1S/C12H20N4O/c13-10(5-15-16-14)12(17)11-8-2-6-1-7(4-8)9(11)3-6/h6-12,17H,1-5,13H2/t6?,7?,8?,9?,10-,11?,12-/m1/s1. The van der Waals surface area contributed by atoms with Crippen molar-refractivity contribution in [3.8, 4) is 0 Å². The Morgan fingerprint density at radius 3 is 2.76 bits per heavy atom. The molecular weight excluding hydrogens is 216 g/mol. The topological polar surface area (TPSA) is 95.0 Å². The molecule has 0 amide bonds. The Labute approximate surface area is 101 Å². The smallest absolute Gasteiger partial charge is 0.0725 e. The van der Waals surface area contributed by atoms with Crippen molar-refractivity contribution in [3.63, 3.8) is 0 Å². The average Bonchev–Trinajstić information content (AvgIpc) is 2.73. The van der Waals surface area contributed by atoms with E-state index >= 15 is 0 Å². The third-order valence-corrected chi connectivity index (χ3v) is 5.32. The minimum Gasteiger partial charge on any atom is -0.391 e. The van der Waals surface area contributed by atoms with Crippen molar-refractivity contribution >= 4 is 0 Å². The molecule has 4 rings (SSSR count). The summed E-state index contributed by atoms with van der Waals surface area (Å²) in [4.78, 5) is 2.71. The third-order valence-electron chi connectivity index (χ3n) is 5.32. The van der Waals surface area contributed by atoms with Crippen LogP contribution in [0.1, 0.15) is 25.7 Å². The lowest BCUT2D eigenvalue weighted by molar-refractivity contribution is 0.0201. The molecule has 5 heteroatoms. The fourth-order valence-electron chi connectivity index (χ4n) is 4.84. The molecule has 0 aromatic carbocycles. The van der Waals surface area contributed by atoms with Crippen LogP contribution in [0.4, 0.5) is 0 Å². The van der Waals surface area contributed by atoms with Gasteiger partial charge in [-0.2, -0.15) is 0 Å². The second kappa shape index (κ2) is 4.16. The van der Waals surface area contributed by atoms with Crippen LogP contribution in [0.15, 0.2) is 5.11 Å². The number of hydrogen-bond donors (Lipinski definition) is 2. The highest BCUT2D eigenvalue weighted by Gasteiger charge is 2.56. The van der Waals surface area contributed by atoms with Crippen LogP contribution in [-0.2, 0) is 0 Å². The SMILES string of the molecule is [N-]=[N+]=NC[C@@H](N)[C@@H](O)C1C2CC3CC(C2)C1C3. The molecule has 4 fully saturated rings. The van der Waals surface area contributed by atoms with Crippen LogP contribution >= 0.6 is 0 Å². The molecule has 3 N–H and O–H groups in total. The molecule has 0 aromatic heterocycles. The Bertz CT molecular complexity index is 350. The number of rotatable bonds is 4. The molecule has 0 heterocycles. The van der Waals surface area contributed by atoms with Crippen LogP contribution in [0.3, 0.4) is 0 Å². The van der Waals surface area contributed by atoms with E-state index in [0.29, 0.717) is 17.8 Å². The number of hydrogen-bond acceptors (Lipinski definition) is 3. The summed E-state index contributed by atoms with van der Waals surface area (Å²) >= 11 is 0. The molecule has 4 aliphatic rings. The number of aliphatic hydroxyl groups excluding tert-OH is 1. The summed E-state index contributed by atoms with van der Waals surface area (Å²) in [5.41, 5.74) is 14.2. The van der Waals surface area contributed by atoms with Crippen LogP contribution in [0, 0.1) is 29.6 Å². The third kappa shape index (κ3) is 1.73. The van der Waals surface area contributed by atoms with Crippen molar-refractivity contribution in [2.75, 3.05) is 6.54 Å². The van der Waals surface area contributed by atoms with Crippen LogP contribution in [0.5, 0.6) is 0 Å². The van der Waals surface area contributed by atoms with E-state index in [4.69, 9.17) is 11.3 Å². The lowest BCUT2D eigenvalue weighted by atomic mass is 9.72. The van der Waals surface area contributed by atoms with Crippen LogP contribution in [-0.4, -0.2) is 23.8 Å². The molecule has 4 bridgehead atoms. The Morgan fingerprint density at radius 1 is 1.29 bits per heavy atom. The lowest BCUT2D eigenvalue weighted by Gasteiger charge is -2.37. The molecule has 4 saturated carbocycles. The van der Waals surface area contributed by atoms with E-state index in [1.807, 2.05) is 0 Å². The van der Waals surface area contributed by atoms with Gasteiger partial charge in [0.25, 0.3) is 0 Å². The zero-order valence-corrected chi connectivity index (χ0v) is 9.94. The summed E-state index contributed by atoms with van der Waals surface area (Å²) < 4.78 is 0. The van der Waals surface area contributed by atoms with Gasteiger partial charge in [-0.25, -0.2) is 0 Å². The van der Waals surface area contributed by atoms with E-state index in [2.05, 4.69) is 10.0 Å². The summed E-state index contributed by atoms with van der Waals surface area (Å²) in [6.45, 7) is 0.210. The van der Waals surface area contributed by atoms with E-state index in [9.17, 15) is 5.11 Å². The molecule has 0 saturated heterocycles. The van der Waals surface area contributed by atoms with Crippen molar-refractivity contribution in [3.05, 3.63) is 10.4 Å². The van der Waals surface area contributed by atoms with Crippen molar-refractivity contribution in [2.45, 2.75) is 37.8 Å². The molecule has 0 aliphatic heterocycles. The predicted molar refractivity (Wildman–Crippen MR) is 63.9 cm³/mol. The van der Waals surface area contributed by atoms with Crippen molar-refractivity contribution in [1.82, 2.24) is 0 Å². The van der Waals surface area contributed by atoms with Gasteiger partial charge >= 0.3 is 0 Å². The Morgan fingerprint density at radius 2 is 2.06 bits per heavy atom. The molecule has 4 aliphatic carbocycles. The van der Waals surface area contributed by atoms with Gasteiger partial charge in [0.1, 0.15) is 0 Å². The van der Waals surface area contributed by atoms with Gasteiger partial charge in [0, 0.05) is 17.5 Å². The quantitative estimate of drug-likeness (QED) is 0.441. The Kier molecular flexibility index (Phi) is 2.77. The first-order chi connectivity index (χ1) is 8.20. The molecule has 0 radical (unpaired) electrons. The lowest BCUT2D eigenvalue weighted by Crippen LogP contribution is -2.46. The van der Waals surface area contributed by atoms with Gasteiger partial charge in [-0.1, -0.05) is 5.11 Å². The molecule has 7 atom stereocenters. The average molecular weight is 236 g/mol. The van der Waals surface area contributed by atoms with E-state index in [0.717, 1.165) is 11.8 Å². The number of aliphatic hydroxyl groups is 1. The summed E-state index contributed by atoms with van der Waals surface area (Å²) in [5, 5.41) is 13.9. The van der Waals surface area contributed by atoms with E-state index < -0.39 is 12.1 Å². The summed E-state index contributed by atoms with van der Waals surface area (Å²) in [7, 11) is 0. The minimum atomic E-state index is -0.487. The van der Waals surface area contributed by atoms with E-state index in [1.165, 1.54) is 25.7 Å². The molecular formula is C12H20N4O. The summed E-state index contributed by atoms with van der Waals surface area (Å²) in [6.07, 6.45) is 4.74. The van der Waals surface area contributed by atoms with Crippen LogP contribution in [0.25, 0.3) is 10.4 Å².